The number of nitrogens with zero attached hydrogens (tertiary/aromatic N) is 3. The zero-order valence-electron chi connectivity index (χ0n) is 18.2. The number of benzene rings is 1. The van der Waals surface area contributed by atoms with Gasteiger partial charge in [0.2, 0.25) is 5.91 Å². The standard InChI is InChI=1S/C23H35N3O3.ClH/c1-28-21-8-3-2-7-20(21)25-16-14-24(15-17-25)12-6-18-29-26-13-11-23(19-22(26)27)9-4-5-10-23;/h2-3,7-8H,4-6,9-19H2,1H3;1H. The van der Waals surface area contributed by atoms with Crippen molar-refractivity contribution >= 4 is 24.0 Å². The van der Waals surface area contributed by atoms with Crippen LogP contribution in [0, 0.1) is 5.41 Å². The molecule has 0 N–H and O–H groups in total. The molecule has 30 heavy (non-hydrogen) atoms. The molecule has 3 aliphatic rings. The molecule has 4 rings (SSSR count). The lowest BCUT2D eigenvalue weighted by atomic mass is 9.77. The van der Waals surface area contributed by atoms with Gasteiger partial charge in [0.05, 0.1) is 19.4 Å². The van der Waals surface area contributed by atoms with Gasteiger partial charge in [0.15, 0.2) is 0 Å². The van der Waals surface area contributed by atoms with Crippen LogP contribution in [-0.2, 0) is 9.63 Å². The number of halogens is 1. The van der Waals surface area contributed by atoms with Gasteiger partial charge in [0, 0.05) is 45.7 Å². The summed E-state index contributed by atoms with van der Waals surface area (Å²) in [5.74, 6) is 1.14. The van der Waals surface area contributed by atoms with Gasteiger partial charge < -0.3 is 9.64 Å². The fourth-order valence-electron chi connectivity index (χ4n) is 5.22. The number of piperazine rings is 1. The van der Waals surface area contributed by atoms with E-state index < -0.39 is 0 Å². The number of para-hydroxylation sites is 2. The first-order valence-electron chi connectivity index (χ1n) is 11.2. The van der Waals surface area contributed by atoms with Crippen LogP contribution >= 0.6 is 12.4 Å². The number of ether oxygens (including phenoxy) is 1. The second-order valence-corrected chi connectivity index (χ2v) is 8.82. The van der Waals surface area contributed by atoms with Gasteiger partial charge in [-0.3, -0.25) is 14.5 Å². The lowest BCUT2D eigenvalue weighted by molar-refractivity contribution is -0.199. The highest BCUT2D eigenvalue weighted by Crippen LogP contribution is 2.46. The molecule has 2 aliphatic heterocycles. The first-order valence-corrected chi connectivity index (χ1v) is 11.2. The summed E-state index contributed by atoms with van der Waals surface area (Å²) in [4.78, 5) is 23.2. The number of anilines is 1. The maximum Gasteiger partial charge on any atom is 0.246 e. The van der Waals surface area contributed by atoms with E-state index in [1.807, 2.05) is 12.1 Å². The number of methoxy groups -OCH3 is 1. The number of carbonyl (C=O) groups excluding carboxylic acids is 1. The van der Waals surface area contributed by atoms with Crippen LogP contribution in [0.2, 0.25) is 0 Å². The van der Waals surface area contributed by atoms with Crippen molar-refractivity contribution in [3.05, 3.63) is 24.3 Å². The number of hydroxylamine groups is 2. The Labute approximate surface area is 186 Å². The molecule has 7 heteroatoms. The molecule has 168 valence electrons. The highest BCUT2D eigenvalue weighted by atomic mass is 35.5. The van der Waals surface area contributed by atoms with Crippen molar-refractivity contribution in [2.24, 2.45) is 5.41 Å². The van der Waals surface area contributed by atoms with Crippen LogP contribution in [-0.4, -0.2) is 68.9 Å². The minimum absolute atomic E-state index is 0. The van der Waals surface area contributed by atoms with Gasteiger partial charge in [-0.1, -0.05) is 25.0 Å². The Bertz CT molecular complexity index is 688. The van der Waals surface area contributed by atoms with E-state index in [4.69, 9.17) is 9.57 Å². The summed E-state index contributed by atoms with van der Waals surface area (Å²) in [6, 6.07) is 8.24. The van der Waals surface area contributed by atoms with Crippen molar-refractivity contribution in [2.45, 2.75) is 44.9 Å². The van der Waals surface area contributed by atoms with E-state index in [1.165, 1.54) is 31.4 Å². The maximum atomic E-state index is 12.4. The summed E-state index contributed by atoms with van der Waals surface area (Å²) in [7, 11) is 1.73. The van der Waals surface area contributed by atoms with Crippen molar-refractivity contribution in [2.75, 3.05) is 57.9 Å². The quantitative estimate of drug-likeness (QED) is 0.608. The zero-order valence-corrected chi connectivity index (χ0v) is 19.0. The van der Waals surface area contributed by atoms with Gasteiger partial charge in [-0.25, -0.2) is 5.06 Å². The Balaban J connectivity index is 0.00000256. The van der Waals surface area contributed by atoms with Crippen LogP contribution in [0.1, 0.15) is 44.9 Å². The van der Waals surface area contributed by atoms with Crippen molar-refractivity contribution in [3.63, 3.8) is 0 Å². The smallest absolute Gasteiger partial charge is 0.246 e. The predicted molar refractivity (Wildman–Crippen MR) is 121 cm³/mol. The molecule has 1 saturated carbocycles. The normalized spacial score (nSPS) is 21.7. The Hall–Kier alpha value is -1.50. The summed E-state index contributed by atoms with van der Waals surface area (Å²) in [6.45, 7) is 6.53. The van der Waals surface area contributed by atoms with Crippen LogP contribution in [0.15, 0.2) is 24.3 Å². The molecular formula is C23H36ClN3O3. The van der Waals surface area contributed by atoms with E-state index in [0.29, 0.717) is 18.4 Å². The molecular weight excluding hydrogens is 402 g/mol. The summed E-state index contributed by atoms with van der Waals surface area (Å²) >= 11 is 0. The van der Waals surface area contributed by atoms with Gasteiger partial charge in [0.25, 0.3) is 0 Å². The SMILES string of the molecule is COc1ccccc1N1CCN(CCCON2CCC3(CCCC3)CC2=O)CC1.Cl. The van der Waals surface area contributed by atoms with Crippen LogP contribution in [0.4, 0.5) is 5.69 Å². The molecule has 1 spiro atoms. The summed E-state index contributed by atoms with van der Waals surface area (Å²) in [5, 5.41) is 1.64. The van der Waals surface area contributed by atoms with E-state index in [-0.39, 0.29) is 18.3 Å². The van der Waals surface area contributed by atoms with E-state index in [2.05, 4.69) is 21.9 Å². The van der Waals surface area contributed by atoms with Gasteiger partial charge >= 0.3 is 0 Å². The number of piperidine rings is 1. The molecule has 0 aromatic heterocycles. The van der Waals surface area contributed by atoms with Crippen molar-refractivity contribution < 1.29 is 14.4 Å². The van der Waals surface area contributed by atoms with Crippen molar-refractivity contribution in [3.8, 4) is 5.75 Å². The van der Waals surface area contributed by atoms with Gasteiger partial charge in [-0.2, -0.15) is 0 Å². The van der Waals surface area contributed by atoms with Crippen molar-refractivity contribution in [1.29, 1.82) is 0 Å². The number of carbonyl (C=O) groups is 1. The Morgan fingerprint density at radius 1 is 1.00 bits per heavy atom. The molecule has 0 radical (unpaired) electrons. The van der Waals surface area contributed by atoms with E-state index in [1.54, 1.807) is 12.2 Å². The van der Waals surface area contributed by atoms with Gasteiger partial charge in [-0.15, -0.1) is 12.4 Å². The van der Waals surface area contributed by atoms with Gasteiger partial charge in [-0.05, 0) is 43.2 Å². The van der Waals surface area contributed by atoms with Crippen LogP contribution in [0.5, 0.6) is 5.75 Å². The average Bonchev–Trinajstić information content (AvgIpc) is 3.20. The molecule has 1 aromatic carbocycles. The average molecular weight is 438 g/mol. The predicted octanol–water partition coefficient (Wildman–Crippen LogP) is 3.74. The first kappa shape index (κ1) is 23.2. The summed E-state index contributed by atoms with van der Waals surface area (Å²) < 4.78 is 5.50. The van der Waals surface area contributed by atoms with Crippen molar-refractivity contribution in [1.82, 2.24) is 9.96 Å². The monoisotopic (exact) mass is 437 g/mol. The lowest BCUT2D eigenvalue weighted by Crippen LogP contribution is -2.47. The first-order chi connectivity index (χ1) is 14.2. The second kappa shape index (κ2) is 10.7. The molecule has 3 fully saturated rings. The lowest BCUT2D eigenvalue weighted by Gasteiger charge is -2.38. The highest BCUT2D eigenvalue weighted by molar-refractivity contribution is 5.85. The fourth-order valence-corrected chi connectivity index (χ4v) is 5.22. The summed E-state index contributed by atoms with van der Waals surface area (Å²) in [5.41, 5.74) is 1.49. The molecule has 1 aliphatic carbocycles. The Morgan fingerprint density at radius 2 is 1.73 bits per heavy atom. The van der Waals surface area contributed by atoms with Crippen LogP contribution in [0.3, 0.4) is 0 Å². The minimum atomic E-state index is 0. The molecule has 0 unspecified atom stereocenters. The molecule has 1 aromatic rings. The third-order valence-electron chi connectivity index (χ3n) is 6.98. The molecule has 2 saturated heterocycles. The van der Waals surface area contributed by atoms with Crippen LogP contribution in [0.25, 0.3) is 0 Å². The number of hydrogen-bond acceptors (Lipinski definition) is 5. The number of hydrogen-bond donors (Lipinski definition) is 0. The maximum absolute atomic E-state index is 12.4. The molecule has 0 bridgehead atoms. The van der Waals surface area contributed by atoms with Gasteiger partial charge in [0.1, 0.15) is 5.75 Å². The number of amides is 1. The van der Waals surface area contributed by atoms with E-state index >= 15 is 0 Å². The Kier molecular flexibility index (Phi) is 8.26. The molecule has 6 nitrogen and oxygen atoms in total. The number of rotatable bonds is 7. The summed E-state index contributed by atoms with van der Waals surface area (Å²) in [6.07, 6.45) is 7.81. The van der Waals surface area contributed by atoms with E-state index in [9.17, 15) is 4.79 Å². The largest absolute Gasteiger partial charge is 0.495 e. The van der Waals surface area contributed by atoms with Crippen LogP contribution < -0.4 is 9.64 Å². The zero-order chi connectivity index (χ0) is 20.1. The topological polar surface area (TPSA) is 45.2 Å². The minimum Gasteiger partial charge on any atom is -0.495 e. The third-order valence-corrected chi connectivity index (χ3v) is 6.98. The Morgan fingerprint density at radius 3 is 2.43 bits per heavy atom. The second-order valence-electron chi connectivity index (χ2n) is 8.82. The highest BCUT2D eigenvalue weighted by Gasteiger charge is 2.41. The van der Waals surface area contributed by atoms with E-state index in [0.717, 1.165) is 57.9 Å². The molecule has 2 heterocycles. The third kappa shape index (κ3) is 5.40. The molecule has 0 atom stereocenters. The fraction of sp³-hybridized carbons (Fsp3) is 0.696. The molecule has 1 amide bonds.